The number of aliphatic imine (C=N–C) groups is 1. The summed E-state index contributed by atoms with van der Waals surface area (Å²) < 4.78 is 0. The van der Waals surface area contributed by atoms with E-state index in [1.165, 1.54) is 0 Å². The fraction of sp³-hybridized carbons (Fsp3) is 0.400. The average molecular weight is 111 g/mol. The highest BCUT2D eigenvalue weighted by Gasteiger charge is 1.98. The second-order valence-electron chi connectivity index (χ2n) is 1.75. The number of rotatable bonds is 0. The second kappa shape index (κ2) is 1.96. The van der Waals surface area contributed by atoms with Crippen molar-refractivity contribution in [2.45, 2.75) is 6.92 Å². The summed E-state index contributed by atoms with van der Waals surface area (Å²) in [7, 11) is 0. The summed E-state index contributed by atoms with van der Waals surface area (Å²) in [5.41, 5.74) is 1.06. The summed E-state index contributed by atoms with van der Waals surface area (Å²) in [6.07, 6.45) is 3.64. The number of hydrogen-bond acceptors (Lipinski definition) is 3. The first kappa shape index (κ1) is 5.31. The molecule has 0 saturated heterocycles. The molecule has 1 aliphatic rings. The zero-order chi connectivity index (χ0) is 5.98. The zero-order valence-corrected chi connectivity index (χ0v) is 4.83. The van der Waals surface area contributed by atoms with Crippen LogP contribution in [0, 0.1) is 0 Å². The number of allylic oxidation sites excluding steroid dienone is 2. The van der Waals surface area contributed by atoms with Crippen LogP contribution in [-0.2, 0) is 0 Å². The van der Waals surface area contributed by atoms with E-state index in [-0.39, 0.29) is 0 Å². The van der Waals surface area contributed by atoms with Crippen LogP contribution in [0.15, 0.2) is 16.8 Å². The Kier molecular flexibility index (Phi) is 1.30. The third-order valence-corrected chi connectivity index (χ3v) is 1.11. The van der Waals surface area contributed by atoms with Crippen molar-refractivity contribution >= 4 is 6.21 Å². The summed E-state index contributed by atoms with van der Waals surface area (Å²) in [5, 5.41) is 1.60. The van der Waals surface area contributed by atoms with Gasteiger partial charge in [0, 0.05) is 11.9 Å². The van der Waals surface area contributed by atoms with Crippen LogP contribution in [0.2, 0.25) is 0 Å². The Morgan fingerprint density at radius 3 is 3.00 bits per heavy atom. The van der Waals surface area contributed by atoms with Crippen molar-refractivity contribution < 1.29 is 0 Å². The van der Waals surface area contributed by atoms with Crippen LogP contribution >= 0.6 is 0 Å². The lowest BCUT2D eigenvalue weighted by molar-refractivity contribution is 0.370. The SMILES string of the molecule is CC1=CC=NCN1N. The molecule has 1 aliphatic heterocycles. The Labute approximate surface area is 48.5 Å². The summed E-state index contributed by atoms with van der Waals surface area (Å²) >= 11 is 0. The predicted molar refractivity (Wildman–Crippen MR) is 33.1 cm³/mol. The van der Waals surface area contributed by atoms with Gasteiger partial charge in [-0.25, -0.2) is 5.84 Å². The van der Waals surface area contributed by atoms with Crippen molar-refractivity contribution in [3.8, 4) is 0 Å². The van der Waals surface area contributed by atoms with Gasteiger partial charge in [0.15, 0.2) is 0 Å². The van der Waals surface area contributed by atoms with E-state index in [1.807, 2.05) is 13.0 Å². The Balaban J connectivity index is 2.66. The van der Waals surface area contributed by atoms with E-state index in [9.17, 15) is 0 Å². The van der Waals surface area contributed by atoms with Crippen LogP contribution in [0.1, 0.15) is 6.92 Å². The molecule has 3 nitrogen and oxygen atoms in total. The van der Waals surface area contributed by atoms with Crippen LogP contribution < -0.4 is 5.84 Å². The highest BCUT2D eigenvalue weighted by molar-refractivity contribution is 5.72. The Bertz CT molecular complexity index is 137. The number of hydrazine groups is 1. The average Bonchev–Trinajstić information content (AvgIpc) is 1.77. The molecule has 1 rings (SSSR count). The quantitative estimate of drug-likeness (QED) is 0.451. The zero-order valence-electron chi connectivity index (χ0n) is 4.83. The number of nitrogens with two attached hydrogens (primary N) is 1. The Morgan fingerprint density at radius 1 is 1.88 bits per heavy atom. The monoisotopic (exact) mass is 111 g/mol. The van der Waals surface area contributed by atoms with Gasteiger partial charge in [0.2, 0.25) is 0 Å². The largest absolute Gasteiger partial charge is 0.294 e. The van der Waals surface area contributed by atoms with Gasteiger partial charge in [-0.15, -0.1) is 0 Å². The molecule has 8 heavy (non-hydrogen) atoms. The van der Waals surface area contributed by atoms with Crippen LogP contribution in [0.4, 0.5) is 0 Å². The van der Waals surface area contributed by atoms with Gasteiger partial charge in [-0.2, -0.15) is 0 Å². The van der Waals surface area contributed by atoms with Crippen molar-refractivity contribution in [1.82, 2.24) is 5.01 Å². The Morgan fingerprint density at radius 2 is 2.62 bits per heavy atom. The summed E-state index contributed by atoms with van der Waals surface area (Å²) in [6, 6.07) is 0. The van der Waals surface area contributed by atoms with E-state index in [0.717, 1.165) is 5.70 Å². The first-order chi connectivity index (χ1) is 3.80. The van der Waals surface area contributed by atoms with Crippen LogP contribution in [0.3, 0.4) is 0 Å². The van der Waals surface area contributed by atoms with Gasteiger partial charge in [-0.3, -0.25) is 10.0 Å². The highest BCUT2D eigenvalue weighted by atomic mass is 15.4. The van der Waals surface area contributed by atoms with E-state index < -0.39 is 0 Å². The molecule has 3 heteroatoms. The van der Waals surface area contributed by atoms with Crippen LogP contribution in [-0.4, -0.2) is 17.9 Å². The van der Waals surface area contributed by atoms with E-state index in [2.05, 4.69) is 4.99 Å². The maximum atomic E-state index is 5.43. The first-order valence-electron chi connectivity index (χ1n) is 2.49. The molecule has 2 N–H and O–H groups in total. The maximum Gasteiger partial charge on any atom is 0.124 e. The third kappa shape index (κ3) is 0.869. The second-order valence-corrected chi connectivity index (χ2v) is 1.75. The number of hydrogen-bond donors (Lipinski definition) is 1. The summed E-state index contributed by atoms with van der Waals surface area (Å²) in [5.74, 6) is 5.43. The minimum Gasteiger partial charge on any atom is -0.294 e. The molecule has 0 saturated carbocycles. The fourth-order valence-corrected chi connectivity index (χ4v) is 0.503. The summed E-state index contributed by atoms with van der Waals surface area (Å²) in [4.78, 5) is 3.91. The molecule has 0 aromatic heterocycles. The van der Waals surface area contributed by atoms with Gasteiger partial charge < -0.3 is 0 Å². The van der Waals surface area contributed by atoms with Crippen molar-refractivity contribution in [3.63, 3.8) is 0 Å². The fourth-order valence-electron chi connectivity index (χ4n) is 0.503. The highest BCUT2D eigenvalue weighted by Crippen LogP contribution is 1.98. The molecular formula is C5H9N3. The molecule has 0 radical (unpaired) electrons. The lowest BCUT2D eigenvalue weighted by Gasteiger charge is -2.17. The molecule has 0 aromatic carbocycles. The number of nitrogens with zero attached hydrogens (tertiary/aromatic N) is 2. The van der Waals surface area contributed by atoms with Gasteiger partial charge in [0.05, 0.1) is 0 Å². The van der Waals surface area contributed by atoms with E-state index in [4.69, 9.17) is 5.84 Å². The smallest absolute Gasteiger partial charge is 0.124 e. The van der Waals surface area contributed by atoms with Crippen LogP contribution in [0.25, 0.3) is 0 Å². The summed E-state index contributed by atoms with van der Waals surface area (Å²) in [6.45, 7) is 2.54. The first-order valence-corrected chi connectivity index (χ1v) is 2.49. The van der Waals surface area contributed by atoms with Crippen molar-refractivity contribution in [2.75, 3.05) is 6.67 Å². The van der Waals surface area contributed by atoms with Crippen molar-refractivity contribution in [2.24, 2.45) is 10.8 Å². The standard InChI is InChI=1S/C5H9N3/c1-5-2-3-7-4-8(5)6/h2-3H,4,6H2,1H3. The van der Waals surface area contributed by atoms with Gasteiger partial charge >= 0.3 is 0 Å². The molecular weight excluding hydrogens is 102 g/mol. The molecule has 0 unspecified atom stereocenters. The molecule has 0 bridgehead atoms. The molecule has 0 aromatic rings. The molecule has 0 amide bonds. The van der Waals surface area contributed by atoms with Gasteiger partial charge in [0.1, 0.15) is 6.67 Å². The van der Waals surface area contributed by atoms with E-state index >= 15 is 0 Å². The molecule has 1 heterocycles. The molecule has 0 spiro atoms. The normalized spacial score (nSPS) is 18.8. The molecule has 44 valence electrons. The molecule has 0 fully saturated rings. The minimum atomic E-state index is 0.586. The topological polar surface area (TPSA) is 41.6 Å². The van der Waals surface area contributed by atoms with Gasteiger partial charge in [-0.1, -0.05) is 0 Å². The lowest BCUT2D eigenvalue weighted by Crippen LogP contribution is -2.30. The van der Waals surface area contributed by atoms with Gasteiger partial charge in [-0.05, 0) is 13.0 Å². The van der Waals surface area contributed by atoms with Crippen molar-refractivity contribution in [1.29, 1.82) is 0 Å². The van der Waals surface area contributed by atoms with Crippen molar-refractivity contribution in [3.05, 3.63) is 11.8 Å². The van der Waals surface area contributed by atoms with Gasteiger partial charge in [0.25, 0.3) is 0 Å². The molecule has 0 aliphatic carbocycles. The Hall–Kier alpha value is -0.830. The third-order valence-electron chi connectivity index (χ3n) is 1.11. The van der Waals surface area contributed by atoms with E-state index in [0.29, 0.717) is 6.67 Å². The predicted octanol–water partition coefficient (Wildman–Crippen LogP) is 0.108. The maximum absolute atomic E-state index is 5.43. The van der Waals surface area contributed by atoms with Crippen LogP contribution in [0.5, 0.6) is 0 Å². The lowest BCUT2D eigenvalue weighted by atomic mass is 10.4. The minimum absolute atomic E-state index is 0.586. The van der Waals surface area contributed by atoms with E-state index in [1.54, 1.807) is 11.2 Å². The molecule has 0 atom stereocenters.